The van der Waals surface area contributed by atoms with Crippen molar-refractivity contribution in [2.24, 2.45) is 0 Å². The van der Waals surface area contributed by atoms with E-state index in [1.54, 1.807) is 133 Å². The molecule has 14 heteroatoms. The molecule has 0 unspecified atom stereocenters. The Bertz CT molecular complexity index is 2850. The first-order valence-electron chi connectivity index (χ1n) is 22.8. The first kappa shape index (κ1) is 50.0. The average molecular weight is 1010 g/mol. The second kappa shape index (κ2) is 19.9. The fraction of sp³-hybridized carbons (Fsp3) is 0.0690. The quantitative estimate of drug-likeness (QED) is 0.0548. The van der Waals surface area contributed by atoms with Crippen LogP contribution in [-0.4, -0.2) is 7.32 Å². The van der Waals surface area contributed by atoms with Crippen molar-refractivity contribution in [1.29, 1.82) is 0 Å². The van der Waals surface area contributed by atoms with E-state index in [2.05, 4.69) is 0 Å². The monoisotopic (exact) mass is 1010 g/mol. The van der Waals surface area contributed by atoms with Gasteiger partial charge in [-0.25, -0.2) is 0 Å². The van der Waals surface area contributed by atoms with E-state index in [0.717, 1.165) is 0 Å². The van der Waals surface area contributed by atoms with Crippen LogP contribution >= 0.6 is 13.7 Å². The number of alkyl halides is 6. The second-order valence-electron chi connectivity index (χ2n) is 17.4. The van der Waals surface area contributed by atoms with E-state index in [-0.39, 0.29) is 18.4 Å². The van der Waals surface area contributed by atoms with E-state index in [4.69, 9.17) is 13.5 Å². The zero-order chi connectivity index (χ0) is 50.5. The third kappa shape index (κ3) is 9.36. The zero-order valence-electron chi connectivity index (χ0n) is 38.3. The third-order valence-corrected chi connectivity index (χ3v) is 24.5. The first-order valence-corrected chi connectivity index (χ1v) is 27.5. The van der Waals surface area contributed by atoms with Crippen molar-refractivity contribution in [3.05, 3.63) is 283 Å². The van der Waals surface area contributed by atoms with Gasteiger partial charge in [0.2, 0.25) is 0 Å². The fourth-order valence-corrected chi connectivity index (χ4v) is 21.2. The second-order valence-corrected chi connectivity index (χ2v) is 26.4. The minimum atomic E-state index is -5.26. The van der Waals surface area contributed by atoms with Gasteiger partial charge >= 0.3 is 415 Å². The maximum atomic E-state index is 15.7. The Kier molecular flexibility index (Phi) is 13.8. The molecule has 0 radical (unpaired) electrons. The molecule has 0 atom stereocenters. The van der Waals surface area contributed by atoms with Crippen LogP contribution in [0.15, 0.2) is 249 Å². The molecule has 3 nitrogen and oxygen atoms in total. The van der Waals surface area contributed by atoms with Crippen LogP contribution in [0.3, 0.4) is 0 Å². The summed E-state index contributed by atoms with van der Waals surface area (Å²) in [6.45, 7) is -10.1. The molecule has 0 saturated heterocycles. The first-order chi connectivity index (χ1) is 34.6. The zero-order valence-corrected chi connectivity index (χ0v) is 40.1. The molecule has 72 heavy (non-hydrogen) atoms. The van der Waals surface area contributed by atoms with E-state index < -0.39 is 61.8 Å². The summed E-state index contributed by atoms with van der Waals surface area (Å²) in [5, 5.41) is 3.21. The molecule has 9 aromatic rings. The summed E-state index contributed by atoms with van der Waals surface area (Å²) in [6, 6.07) is 67.1. The molecule has 0 fully saturated rings. The van der Waals surface area contributed by atoms with E-state index >= 15 is 8.78 Å². The molecule has 0 amide bonds. The Labute approximate surface area is 412 Å². The topological polar surface area (TPSA) is 27.7 Å². The molecule has 0 aliphatic carbocycles. The molecule has 0 N–H and O–H groups in total. The van der Waals surface area contributed by atoms with Crippen LogP contribution in [-0.2, 0) is 33.6 Å². The van der Waals surface area contributed by atoms with Crippen LogP contribution in [0, 0.1) is 11.6 Å². The van der Waals surface area contributed by atoms with Gasteiger partial charge in [0, 0.05) is 0 Å². The molecule has 0 aliphatic heterocycles. The molecular formula is C58H45BF8O3P2. The number of hydrogen-bond acceptors (Lipinski definition) is 3. The van der Waals surface area contributed by atoms with Gasteiger partial charge in [-0.15, -0.1) is 0 Å². The van der Waals surface area contributed by atoms with Crippen LogP contribution in [0.5, 0.6) is 5.75 Å². The van der Waals surface area contributed by atoms with Gasteiger partial charge in [0.25, 0.3) is 0 Å². The average Bonchev–Trinajstić information content (AvgIpc) is 3.39. The Morgan fingerprint density at radius 2 is 0.611 bits per heavy atom. The Morgan fingerprint density at radius 1 is 0.333 bits per heavy atom. The van der Waals surface area contributed by atoms with Crippen LogP contribution < -0.4 is 36.5 Å². The third-order valence-electron chi connectivity index (χ3n) is 13.0. The standard InChI is InChI=1S/C58H45BF8O3P2/c60-48-23-19-21-44(37-48)42-71(51-25-7-1-8-26-51,52-27-9-2-10-28-52,53-29-11-3-12-30-53)69-59(68-50-40-46(57(62,63)64)39-47(41-50)58(65,66)67)70-72(54-31-13-4-14-32-54,55-33-15-5-16-34-55,56-35-17-6-18-36-56)43-45-22-20-24-49(61)38-45/h1-41H,42-43H2. The minimum absolute atomic E-state index is 0.0211. The van der Waals surface area contributed by atoms with Crippen molar-refractivity contribution in [1.82, 2.24) is 0 Å². The summed E-state index contributed by atoms with van der Waals surface area (Å²) >= 11 is 0. The van der Waals surface area contributed by atoms with Gasteiger partial charge in [0.05, 0.1) is 0 Å². The van der Waals surface area contributed by atoms with Crippen LogP contribution in [0.2, 0.25) is 0 Å². The van der Waals surface area contributed by atoms with Crippen molar-refractivity contribution in [2.45, 2.75) is 24.7 Å². The van der Waals surface area contributed by atoms with Gasteiger partial charge in [-0.3, -0.25) is 0 Å². The Hall–Kier alpha value is -6.94. The van der Waals surface area contributed by atoms with Gasteiger partial charge in [0.15, 0.2) is 0 Å². The number of hydrogen-bond donors (Lipinski definition) is 0. The number of halogens is 8. The van der Waals surface area contributed by atoms with E-state index in [1.807, 2.05) is 72.8 Å². The summed E-state index contributed by atoms with van der Waals surface area (Å²) in [4.78, 5) is 0. The molecule has 0 aromatic heterocycles. The van der Waals surface area contributed by atoms with E-state index in [1.165, 1.54) is 24.3 Å². The molecule has 0 heterocycles. The predicted molar refractivity (Wildman–Crippen MR) is 276 cm³/mol. The van der Waals surface area contributed by atoms with Crippen molar-refractivity contribution < 1.29 is 48.7 Å². The molecule has 9 aromatic carbocycles. The molecule has 0 spiro atoms. The summed E-state index contributed by atoms with van der Waals surface area (Å²) < 4.78 is 144. The Morgan fingerprint density at radius 3 is 0.861 bits per heavy atom. The molecule has 0 aliphatic rings. The van der Waals surface area contributed by atoms with Crippen molar-refractivity contribution in [2.75, 3.05) is 0 Å². The molecule has 0 saturated carbocycles. The molecule has 0 bridgehead atoms. The summed E-state index contributed by atoms with van der Waals surface area (Å²) in [7, 11) is -2.26. The van der Waals surface area contributed by atoms with Crippen molar-refractivity contribution in [3.8, 4) is 5.75 Å². The molecule has 9 rings (SSSR count). The molecular weight excluding hydrogens is 969 g/mol. The summed E-state index contributed by atoms with van der Waals surface area (Å²) in [5.74, 6) is -2.01. The number of benzene rings is 9. The van der Waals surface area contributed by atoms with E-state index in [0.29, 0.717) is 55.1 Å². The maximum absolute atomic E-state index is 15.7. The van der Waals surface area contributed by atoms with Crippen molar-refractivity contribution in [3.63, 3.8) is 0 Å². The van der Waals surface area contributed by atoms with Gasteiger partial charge in [-0.1, -0.05) is 0 Å². The fourth-order valence-electron chi connectivity index (χ4n) is 9.86. The summed E-state index contributed by atoms with van der Waals surface area (Å²) in [5.41, 5.74) is -2.39. The predicted octanol–water partition coefficient (Wildman–Crippen LogP) is 13.7. The van der Waals surface area contributed by atoms with Crippen molar-refractivity contribution >= 4 is 52.8 Å². The molecule has 364 valence electrons. The summed E-state index contributed by atoms with van der Waals surface area (Å²) in [6.07, 6.45) is -10.8. The SMILES string of the molecule is Fc1cccc(CP(OB(Oc2cc(C(F)(F)F)cc(C(F)(F)F)c2)OP(Cc2cccc(F)c2)(c2ccccc2)(c2ccccc2)c2ccccc2)(c2ccccc2)(c2ccccc2)c2ccccc2)c1. The number of rotatable bonds is 16. The van der Waals surface area contributed by atoms with Crippen LogP contribution in [0.4, 0.5) is 35.1 Å². The van der Waals surface area contributed by atoms with Crippen LogP contribution in [0.1, 0.15) is 22.3 Å². The van der Waals surface area contributed by atoms with Gasteiger partial charge in [0.1, 0.15) is 0 Å². The van der Waals surface area contributed by atoms with Crippen LogP contribution in [0.25, 0.3) is 0 Å². The van der Waals surface area contributed by atoms with Gasteiger partial charge in [-0.2, -0.15) is 0 Å². The normalized spacial score (nSPS) is 13.3. The Balaban J connectivity index is 1.48. The van der Waals surface area contributed by atoms with Gasteiger partial charge in [-0.05, 0) is 0 Å². The van der Waals surface area contributed by atoms with Gasteiger partial charge < -0.3 is 0 Å². The van der Waals surface area contributed by atoms with E-state index in [9.17, 15) is 26.3 Å².